The van der Waals surface area contributed by atoms with Crippen molar-refractivity contribution >= 4 is 11.0 Å². The molecule has 0 amide bonds. The van der Waals surface area contributed by atoms with Crippen LogP contribution in [-0.4, -0.2) is 28.0 Å². The molecule has 2 aromatic rings. The first-order valence-corrected chi connectivity index (χ1v) is 5.22. The quantitative estimate of drug-likeness (QED) is 0.849. The second-order valence-corrected chi connectivity index (χ2v) is 3.97. The predicted octanol–water partition coefficient (Wildman–Crippen LogP) is 1.91. The number of nitrogens with one attached hydrogen (secondary N) is 1. The number of nitrogens with zero attached hydrogens (tertiary/aromatic N) is 3. The molecule has 0 saturated heterocycles. The summed E-state index contributed by atoms with van der Waals surface area (Å²) >= 11 is 0. The first-order chi connectivity index (χ1) is 7.70. The van der Waals surface area contributed by atoms with Crippen LogP contribution in [-0.2, 0) is 6.54 Å². The predicted molar refractivity (Wildman–Crippen MR) is 62.6 cm³/mol. The van der Waals surface area contributed by atoms with Crippen molar-refractivity contribution in [2.45, 2.75) is 19.5 Å². The van der Waals surface area contributed by atoms with E-state index in [1.54, 1.807) is 6.33 Å². The van der Waals surface area contributed by atoms with E-state index in [2.05, 4.69) is 22.1 Å². The van der Waals surface area contributed by atoms with Crippen molar-refractivity contribution in [2.24, 2.45) is 0 Å². The van der Waals surface area contributed by atoms with E-state index in [4.69, 9.17) is 5.26 Å². The molecule has 4 nitrogen and oxygen atoms in total. The lowest BCUT2D eigenvalue weighted by atomic mass is 10.2. The average Bonchev–Trinajstić information content (AvgIpc) is 2.75. The minimum Gasteiger partial charge on any atom is -0.345 e. The number of hydrogen-bond donors (Lipinski definition) is 1. The van der Waals surface area contributed by atoms with Crippen molar-refractivity contribution in [1.29, 1.82) is 5.26 Å². The lowest BCUT2D eigenvalue weighted by molar-refractivity contribution is 0.294. The molecule has 1 atom stereocenters. The number of hydrogen-bond acceptors (Lipinski definition) is 3. The highest BCUT2D eigenvalue weighted by Crippen LogP contribution is 2.13. The van der Waals surface area contributed by atoms with Crippen LogP contribution in [0, 0.1) is 11.3 Å². The zero-order valence-corrected chi connectivity index (χ0v) is 9.44. The molecule has 0 saturated carbocycles. The fourth-order valence-corrected chi connectivity index (χ4v) is 1.60. The normalized spacial score (nSPS) is 12.9. The number of aromatic nitrogens is 2. The SMILES string of the molecule is CC(C#N)N(C)Cc1ccc2nc[nH]c2c1. The van der Waals surface area contributed by atoms with Crippen LogP contribution in [0.15, 0.2) is 24.5 Å². The van der Waals surface area contributed by atoms with Gasteiger partial charge in [-0.3, -0.25) is 4.90 Å². The maximum Gasteiger partial charge on any atom is 0.0949 e. The maximum atomic E-state index is 8.81. The van der Waals surface area contributed by atoms with Gasteiger partial charge in [-0.2, -0.15) is 5.26 Å². The molecule has 82 valence electrons. The Bertz CT molecular complexity index is 523. The van der Waals surface area contributed by atoms with Gasteiger partial charge in [0.05, 0.1) is 29.5 Å². The van der Waals surface area contributed by atoms with Gasteiger partial charge in [-0.1, -0.05) is 6.07 Å². The fraction of sp³-hybridized carbons (Fsp3) is 0.333. The van der Waals surface area contributed by atoms with Crippen molar-refractivity contribution in [1.82, 2.24) is 14.9 Å². The molecular formula is C12H14N4. The molecule has 1 heterocycles. The van der Waals surface area contributed by atoms with Gasteiger partial charge in [0, 0.05) is 6.54 Å². The summed E-state index contributed by atoms with van der Waals surface area (Å²) in [6, 6.07) is 8.26. The topological polar surface area (TPSA) is 55.7 Å². The highest BCUT2D eigenvalue weighted by Gasteiger charge is 2.08. The molecular weight excluding hydrogens is 200 g/mol. The second-order valence-electron chi connectivity index (χ2n) is 3.97. The van der Waals surface area contributed by atoms with Crippen LogP contribution in [0.2, 0.25) is 0 Å². The summed E-state index contributed by atoms with van der Waals surface area (Å²) in [5, 5.41) is 8.81. The molecule has 0 radical (unpaired) electrons. The van der Waals surface area contributed by atoms with Gasteiger partial charge in [-0.15, -0.1) is 0 Å². The van der Waals surface area contributed by atoms with E-state index < -0.39 is 0 Å². The lowest BCUT2D eigenvalue weighted by Crippen LogP contribution is -2.26. The number of aromatic amines is 1. The van der Waals surface area contributed by atoms with E-state index in [1.807, 2.05) is 31.0 Å². The van der Waals surface area contributed by atoms with Crippen LogP contribution in [0.4, 0.5) is 0 Å². The Morgan fingerprint density at radius 2 is 2.38 bits per heavy atom. The molecule has 1 unspecified atom stereocenters. The van der Waals surface area contributed by atoms with Crippen LogP contribution in [0.25, 0.3) is 11.0 Å². The summed E-state index contributed by atoms with van der Waals surface area (Å²) in [6.07, 6.45) is 1.69. The summed E-state index contributed by atoms with van der Waals surface area (Å²) in [4.78, 5) is 9.26. The molecule has 0 fully saturated rings. The van der Waals surface area contributed by atoms with E-state index in [-0.39, 0.29) is 6.04 Å². The highest BCUT2D eigenvalue weighted by molar-refractivity contribution is 5.74. The van der Waals surface area contributed by atoms with Crippen LogP contribution >= 0.6 is 0 Å². The Kier molecular flexibility index (Phi) is 2.88. The maximum absolute atomic E-state index is 8.81. The summed E-state index contributed by atoms with van der Waals surface area (Å²) in [5.41, 5.74) is 3.19. The number of nitriles is 1. The second kappa shape index (κ2) is 4.33. The molecule has 0 spiro atoms. The largest absolute Gasteiger partial charge is 0.345 e. The number of H-pyrrole nitrogens is 1. The Hall–Kier alpha value is -1.86. The van der Waals surface area contributed by atoms with Crippen LogP contribution in [0.3, 0.4) is 0 Å². The van der Waals surface area contributed by atoms with Gasteiger partial charge >= 0.3 is 0 Å². The Morgan fingerprint density at radius 1 is 1.56 bits per heavy atom. The third-order valence-corrected chi connectivity index (χ3v) is 2.76. The Morgan fingerprint density at radius 3 is 3.12 bits per heavy atom. The van der Waals surface area contributed by atoms with Crippen molar-refractivity contribution in [3.05, 3.63) is 30.1 Å². The van der Waals surface area contributed by atoms with E-state index in [9.17, 15) is 0 Å². The van der Waals surface area contributed by atoms with Crippen molar-refractivity contribution < 1.29 is 0 Å². The lowest BCUT2D eigenvalue weighted by Gasteiger charge is -2.18. The van der Waals surface area contributed by atoms with E-state index in [1.165, 1.54) is 5.56 Å². The number of imidazole rings is 1. The third-order valence-electron chi connectivity index (χ3n) is 2.76. The minimum atomic E-state index is -0.0718. The van der Waals surface area contributed by atoms with Crippen molar-refractivity contribution in [3.63, 3.8) is 0 Å². The van der Waals surface area contributed by atoms with Crippen LogP contribution < -0.4 is 0 Å². The Balaban J connectivity index is 2.18. The molecule has 0 aliphatic heterocycles. The highest BCUT2D eigenvalue weighted by atomic mass is 15.1. The van der Waals surface area contributed by atoms with Gasteiger partial charge < -0.3 is 4.98 Å². The third kappa shape index (κ3) is 2.05. The number of fused-ring (bicyclic) bond motifs is 1. The van der Waals surface area contributed by atoms with Crippen LogP contribution in [0.5, 0.6) is 0 Å². The first kappa shape index (κ1) is 10.7. The summed E-state index contributed by atoms with van der Waals surface area (Å²) < 4.78 is 0. The molecule has 0 aliphatic carbocycles. The molecule has 16 heavy (non-hydrogen) atoms. The zero-order chi connectivity index (χ0) is 11.5. The van der Waals surface area contributed by atoms with E-state index in [0.29, 0.717) is 0 Å². The number of rotatable bonds is 3. The van der Waals surface area contributed by atoms with Gasteiger partial charge in [0.2, 0.25) is 0 Å². The molecule has 0 bridgehead atoms. The molecule has 1 aromatic heterocycles. The first-order valence-electron chi connectivity index (χ1n) is 5.22. The van der Waals surface area contributed by atoms with E-state index >= 15 is 0 Å². The zero-order valence-electron chi connectivity index (χ0n) is 9.44. The van der Waals surface area contributed by atoms with Gasteiger partial charge in [0.1, 0.15) is 0 Å². The standard InChI is InChI=1S/C12H14N4/c1-9(6-13)16(2)7-10-3-4-11-12(5-10)15-8-14-11/h3-5,8-9H,7H2,1-2H3,(H,14,15). The number of benzene rings is 1. The molecule has 0 aliphatic rings. The Labute approximate surface area is 94.5 Å². The minimum absolute atomic E-state index is 0.0718. The summed E-state index contributed by atoms with van der Waals surface area (Å²) in [7, 11) is 1.95. The average molecular weight is 214 g/mol. The van der Waals surface area contributed by atoms with Gasteiger partial charge in [0.25, 0.3) is 0 Å². The van der Waals surface area contributed by atoms with Gasteiger partial charge in [0.15, 0.2) is 0 Å². The van der Waals surface area contributed by atoms with Gasteiger partial charge in [-0.05, 0) is 31.7 Å². The smallest absolute Gasteiger partial charge is 0.0949 e. The van der Waals surface area contributed by atoms with Crippen molar-refractivity contribution in [2.75, 3.05) is 7.05 Å². The van der Waals surface area contributed by atoms with E-state index in [0.717, 1.165) is 17.6 Å². The molecule has 4 heteroatoms. The van der Waals surface area contributed by atoms with Crippen molar-refractivity contribution in [3.8, 4) is 6.07 Å². The summed E-state index contributed by atoms with van der Waals surface area (Å²) in [6.45, 7) is 2.67. The van der Waals surface area contributed by atoms with Crippen LogP contribution in [0.1, 0.15) is 12.5 Å². The molecule has 2 rings (SSSR count). The fourth-order valence-electron chi connectivity index (χ4n) is 1.60. The monoisotopic (exact) mass is 214 g/mol. The molecule has 1 N–H and O–H groups in total. The van der Waals surface area contributed by atoms with Gasteiger partial charge in [-0.25, -0.2) is 4.98 Å². The molecule has 1 aromatic carbocycles. The summed E-state index contributed by atoms with van der Waals surface area (Å²) in [5.74, 6) is 0.